The Hall–Kier alpha value is -4.30. The van der Waals surface area contributed by atoms with Gasteiger partial charge in [-0.15, -0.1) is 11.8 Å². The Morgan fingerprint density at radius 3 is 2.39 bits per heavy atom. The number of halogens is 5. The quantitative estimate of drug-likeness (QED) is 0.0693. The fourth-order valence-corrected chi connectivity index (χ4v) is 10.7. The first-order valence-corrected chi connectivity index (χ1v) is 23.8. The summed E-state index contributed by atoms with van der Waals surface area (Å²) >= 11 is 7.49. The number of nitrogens with zero attached hydrogens (tertiary/aromatic N) is 4. The van der Waals surface area contributed by atoms with Crippen LogP contribution in [0.5, 0.6) is 0 Å². The number of likely N-dealkylation sites (tertiary alicyclic amines) is 1. The minimum Gasteiger partial charge on any atom is -0.380 e. The number of hydrogen-bond donors (Lipinski definition) is 3. The second-order valence-corrected chi connectivity index (χ2v) is 19.8. The zero-order valence-electron chi connectivity index (χ0n) is 33.7. The van der Waals surface area contributed by atoms with Crippen LogP contribution in [0.25, 0.3) is 11.1 Å². The van der Waals surface area contributed by atoms with Crippen molar-refractivity contribution in [1.29, 1.82) is 0 Å². The Balaban J connectivity index is 1.05. The fraction of sp³-hybridized carbons (Fsp3) is 0.333. The maximum absolute atomic E-state index is 14.4. The van der Waals surface area contributed by atoms with Gasteiger partial charge in [-0.1, -0.05) is 48.0 Å². The Morgan fingerprint density at radius 1 is 0.951 bits per heavy atom. The summed E-state index contributed by atoms with van der Waals surface area (Å²) in [5.74, 6) is -0.113. The van der Waals surface area contributed by atoms with Crippen LogP contribution in [0.15, 0.2) is 112 Å². The molecule has 19 heteroatoms. The molecule has 0 spiro atoms. The van der Waals surface area contributed by atoms with Crippen molar-refractivity contribution < 1.29 is 35.8 Å². The van der Waals surface area contributed by atoms with Crippen molar-refractivity contribution in [2.45, 2.75) is 71.0 Å². The van der Waals surface area contributed by atoms with Crippen LogP contribution >= 0.6 is 23.4 Å². The molecule has 5 aromatic rings. The van der Waals surface area contributed by atoms with Crippen LogP contribution in [0.1, 0.15) is 37.5 Å². The van der Waals surface area contributed by atoms with Gasteiger partial charge < -0.3 is 11.1 Å². The molecule has 0 unspecified atom stereocenters. The lowest BCUT2D eigenvalue weighted by Gasteiger charge is -2.40. The van der Waals surface area contributed by atoms with E-state index in [0.29, 0.717) is 67.1 Å². The van der Waals surface area contributed by atoms with Gasteiger partial charge in [-0.25, -0.2) is 31.2 Å². The maximum atomic E-state index is 14.4. The summed E-state index contributed by atoms with van der Waals surface area (Å²) in [6.45, 7) is 2.35. The smallest absolute Gasteiger partial charge is 0.380 e. The predicted octanol–water partition coefficient (Wildman–Crippen LogP) is 7.97. The fourth-order valence-electron chi connectivity index (χ4n) is 7.50. The molecule has 1 atom stereocenters. The molecular weight excluding hydrogens is 874 g/mol. The molecule has 1 aromatic heterocycles. The Bertz CT molecular complexity index is 2610. The summed E-state index contributed by atoms with van der Waals surface area (Å²) in [7, 11) is -10.7. The van der Waals surface area contributed by atoms with Crippen LogP contribution in [0.2, 0.25) is 5.02 Å². The van der Waals surface area contributed by atoms with Gasteiger partial charge in [0.05, 0.1) is 16.3 Å². The van der Waals surface area contributed by atoms with Gasteiger partial charge >= 0.3 is 5.51 Å². The van der Waals surface area contributed by atoms with E-state index in [1.54, 1.807) is 18.2 Å². The molecule has 3 heterocycles. The first-order chi connectivity index (χ1) is 29.5. The predicted molar refractivity (Wildman–Crippen MR) is 230 cm³/mol. The highest BCUT2D eigenvalue weighted by atomic mass is 35.5. The lowest BCUT2D eigenvalue weighted by atomic mass is 9.96. The molecule has 11 nitrogen and oxygen atoms in total. The molecule has 324 valence electrons. The van der Waals surface area contributed by atoms with Crippen molar-refractivity contribution in [3.05, 3.63) is 125 Å². The lowest BCUT2D eigenvalue weighted by molar-refractivity contribution is -0.0435. The third-order valence-electron chi connectivity index (χ3n) is 10.7. The summed E-state index contributed by atoms with van der Waals surface area (Å²) in [4.78, 5) is 11.6. The van der Waals surface area contributed by atoms with E-state index in [1.165, 1.54) is 23.9 Å². The number of sulfone groups is 1. The van der Waals surface area contributed by atoms with E-state index in [0.717, 1.165) is 40.0 Å². The van der Waals surface area contributed by atoms with Gasteiger partial charge in [0.2, 0.25) is 0 Å². The van der Waals surface area contributed by atoms with Crippen molar-refractivity contribution in [3.8, 4) is 11.1 Å². The monoisotopic (exact) mass is 918 g/mol. The number of hydrogen-bond acceptors (Lipinski definition) is 11. The minimum atomic E-state index is -6.03. The number of nitrogens with one attached hydrogen (secondary N) is 2. The van der Waals surface area contributed by atoms with Gasteiger partial charge in [0.1, 0.15) is 22.9 Å². The molecule has 1 saturated heterocycles. The van der Waals surface area contributed by atoms with Gasteiger partial charge in [0, 0.05) is 54.3 Å². The number of fused-ring (bicyclic) bond motifs is 1. The molecule has 4 aromatic carbocycles. The number of aromatic nitrogens is 2. The van der Waals surface area contributed by atoms with Gasteiger partial charge in [-0.2, -0.15) is 13.2 Å². The molecule has 61 heavy (non-hydrogen) atoms. The highest BCUT2D eigenvalue weighted by molar-refractivity contribution is 7.99. The van der Waals surface area contributed by atoms with E-state index < -0.39 is 52.9 Å². The molecule has 4 N–H and O–H groups in total. The summed E-state index contributed by atoms with van der Waals surface area (Å²) < 4.78 is 122. The van der Waals surface area contributed by atoms with Crippen LogP contribution in [0, 0.1) is 5.82 Å². The number of anilines is 2. The standard InChI is InChI=1S/C42H44ClF4N7O4S3/c43-30-8-6-28(7-9-30)36-12-10-31(44)22-29(36)24-53-19-15-33(16-20-53)54-21-17-37-39(25-54)49-27-50-41(37)52-61(57,58)35-11-13-38(40(23-35)60(55,56)42(45,46)47)51-32(14-18-48)26-59-34-4-2-1-3-5-34/h1-13,22-23,27,32-33,51H,14-21,24-26,48H2,(H,49,50,52)/t32-/m1/s1/i33D. The molecule has 0 aliphatic carbocycles. The molecule has 2 aliphatic heterocycles. The molecule has 2 aliphatic rings. The normalized spacial score (nSPS) is 17.0. The van der Waals surface area contributed by atoms with E-state index in [4.69, 9.17) is 17.3 Å². The van der Waals surface area contributed by atoms with Crippen molar-refractivity contribution in [2.75, 3.05) is 42.0 Å². The second-order valence-electron chi connectivity index (χ2n) is 14.7. The number of nitrogens with two attached hydrogens (primary N) is 1. The lowest BCUT2D eigenvalue weighted by Crippen LogP contribution is -2.46. The SMILES string of the molecule is [2H]C1(N2CCc3c(ncnc3NS(=O)(=O)c3ccc(N[C@H](CCN)CSc4ccccc4)c(S(=O)(=O)C(F)(F)F)c3)C2)CCN(Cc2cc(F)ccc2-c2ccc(Cl)cc2)CC1. The zero-order chi connectivity index (χ0) is 44.3. The van der Waals surface area contributed by atoms with Crippen molar-refractivity contribution in [3.63, 3.8) is 0 Å². The van der Waals surface area contributed by atoms with Crippen molar-refractivity contribution in [1.82, 2.24) is 19.8 Å². The minimum absolute atomic E-state index is 0.0986. The number of sulfonamides is 1. The maximum Gasteiger partial charge on any atom is 0.501 e. The summed E-state index contributed by atoms with van der Waals surface area (Å²) in [5.41, 5.74) is 3.20. The summed E-state index contributed by atoms with van der Waals surface area (Å²) in [6.07, 6.45) is 2.66. The number of alkyl halides is 3. The Morgan fingerprint density at radius 2 is 1.69 bits per heavy atom. The van der Waals surface area contributed by atoms with Crippen LogP contribution < -0.4 is 15.8 Å². The average molecular weight is 920 g/mol. The van der Waals surface area contributed by atoms with E-state index in [2.05, 4.69) is 24.9 Å². The highest BCUT2D eigenvalue weighted by Gasteiger charge is 2.48. The number of benzene rings is 4. The highest BCUT2D eigenvalue weighted by Crippen LogP contribution is 2.38. The van der Waals surface area contributed by atoms with E-state index in [1.807, 2.05) is 47.4 Å². The molecule has 0 saturated carbocycles. The Labute approximate surface area is 363 Å². The molecule has 0 radical (unpaired) electrons. The third-order valence-corrected chi connectivity index (χ3v) is 15.0. The molecular formula is C42H44ClF4N7O4S3. The molecule has 1 fully saturated rings. The number of thioether (sulfide) groups is 1. The van der Waals surface area contributed by atoms with E-state index in [9.17, 15) is 35.8 Å². The van der Waals surface area contributed by atoms with Crippen LogP contribution in [-0.4, -0.2) is 86.1 Å². The number of piperidine rings is 1. The third kappa shape index (κ3) is 10.7. The van der Waals surface area contributed by atoms with Crippen molar-refractivity contribution >= 4 is 54.7 Å². The van der Waals surface area contributed by atoms with Gasteiger partial charge in [-0.05, 0) is 117 Å². The van der Waals surface area contributed by atoms with Crippen LogP contribution in [0.4, 0.5) is 29.1 Å². The molecule has 7 rings (SSSR count). The van der Waals surface area contributed by atoms with Gasteiger partial charge in [0.25, 0.3) is 19.9 Å². The Kier molecular flexibility index (Phi) is 13.5. The molecule has 0 amide bonds. The van der Waals surface area contributed by atoms with Crippen LogP contribution in [-0.2, 0) is 39.4 Å². The van der Waals surface area contributed by atoms with Crippen LogP contribution in [0.3, 0.4) is 0 Å². The average Bonchev–Trinajstić information content (AvgIpc) is 3.24. The topological polar surface area (TPSA) is 151 Å². The van der Waals surface area contributed by atoms with E-state index >= 15 is 0 Å². The van der Waals surface area contributed by atoms with Gasteiger partial charge in [-0.3, -0.25) is 14.5 Å². The molecule has 0 bridgehead atoms. The largest absolute Gasteiger partial charge is 0.501 e. The second kappa shape index (κ2) is 19.0. The first-order valence-electron chi connectivity index (χ1n) is 19.9. The van der Waals surface area contributed by atoms with Gasteiger partial charge in [0.15, 0.2) is 0 Å². The summed E-state index contributed by atoms with van der Waals surface area (Å²) in [6, 6.07) is 22.3. The number of rotatable bonds is 15. The van der Waals surface area contributed by atoms with E-state index in [-0.39, 0.29) is 37.6 Å². The first kappa shape index (κ1) is 43.4. The van der Waals surface area contributed by atoms with Crippen molar-refractivity contribution in [2.24, 2.45) is 5.73 Å². The zero-order valence-corrected chi connectivity index (χ0v) is 35.9. The summed E-state index contributed by atoms with van der Waals surface area (Å²) in [5, 5.41) is 3.47.